The van der Waals surface area contributed by atoms with E-state index in [0.29, 0.717) is 19.6 Å². The van der Waals surface area contributed by atoms with Gasteiger partial charge in [0.2, 0.25) is 0 Å². The molecule has 0 aliphatic carbocycles. The van der Waals surface area contributed by atoms with Crippen molar-refractivity contribution in [1.82, 2.24) is 4.90 Å². The van der Waals surface area contributed by atoms with Gasteiger partial charge >= 0.3 is 6.09 Å². The second kappa shape index (κ2) is 6.44. The van der Waals surface area contributed by atoms with Crippen LogP contribution >= 0.6 is 0 Å². The number of anilines is 2. The van der Waals surface area contributed by atoms with Crippen LogP contribution in [0, 0.1) is 0 Å². The Morgan fingerprint density at radius 1 is 1.23 bits per heavy atom. The number of nitrogens with zero attached hydrogens (tertiary/aromatic N) is 2. The molecule has 1 heterocycles. The topological polar surface area (TPSA) is 84.8 Å². The quantitative estimate of drug-likeness (QED) is 0.814. The van der Waals surface area contributed by atoms with Gasteiger partial charge in [0.1, 0.15) is 5.60 Å². The van der Waals surface area contributed by atoms with Gasteiger partial charge in [-0.05, 0) is 38.5 Å². The number of nitrogen functional groups attached to an aromatic ring is 1. The second-order valence-corrected chi connectivity index (χ2v) is 6.54. The molecule has 0 bridgehead atoms. The Morgan fingerprint density at radius 2 is 1.86 bits per heavy atom. The molecule has 0 saturated carbocycles. The maximum Gasteiger partial charge on any atom is 0.410 e. The van der Waals surface area contributed by atoms with Crippen LogP contribution in [0.5, 0.6) is 0 Å². The predicted molar refractivity (Wildman–Crippen MR) is 88.8 cm³/mol. The molecule has 0 unspecified atom stereocenters. The van der Waals surface area contributed by atoms with E-state index >= 15 is 0 Å². The van der Waals surface area contributed by atoms with Crippen LogP contribution in [0.2, 0.25) is 0 Å². The molecule has 6 nitrogen and oxygen atoms in total. The largest absolute Gasteiger partial charge is 0.444 e. The predicted octanol–water partition coefficient (Wildman–Crippen LogP) is 1.78. The third-order valence-electron chi connectivity index (χ3n) is 3.65. The van der Waals surface area contributed by atoms with Crippen molar-refractivity contribution in [1.29, 1.82) is 0 Å². The summed E-state index contributed by atoms with van der Waals surface area (Å²) < 4.78 is 5.40. The Morgan fingerprint density at radius 3 is 2.36 bits per heavy atom. The summed E-state index contributed by atoms with van der Waals surface area (Å²) in [5, 5.41) is 0. The molecule has 1 saturated heterocycles. The number of carbonyl (C=O) groups excluding carboxylic acids is 1. The van der Waals surface area contributed by atoms with Gasteiger partial charge in [-0.15, -0.1) is 0 Å². The molecule has 122 valence electrons. The fraction of sp³-hybridized carbons (Fsp3) is 0.562. The maximum absolute atomic E-state index is 12.0. The van der Waals surface area contributed by atoms with Crippen LogP contribution in [0.4, 0.5) is 16.2 Å². The third kappa shape index (κ3) is 4.04. The van der Waals surface area contributed by atoms with Gasteiger partial charge in [0, 0.05) is 44.1 Å². The molecular formula is C16H26N4O2. The standard InChI is InChI=1S/C16H26N4O2/c1-16(2,3)22-15(21)20-8-6-19(7-9-20)13-5-4-12(11-17)14(18)10-13/h4-5,10H,6-9,11,17-18H2,1-3H3. The van der Waals surface area contributed by atoms with Crippen molar-refractivity contribution in [3.05, 3.63) is 23.8 Å². The molecule has 2 rings (SSSR count). The highest BCUT2D eigenvalue weighted by atomic mass is 16.6. The van der Waals surface area contributed by atoms with Gasteiger partial charge in [-0.2, -0.15) is 0 Å². The van der Waals surface area contributed by atoms with Crippen LogP contribution in [0.1, 0.15) is 26.3 Å². The lowest BCUT2D eigenvalue weighted by atomic mass is 10.1. The molecule has 6 heteroatoms. The molecule has 0 radical (unpaired) electrons. The molecule has 0 spiro atoms. The lowest BCUT2D eigenvalue weighted by Gasteiger charge is -2.36. The van der Waals surface area contributed by atoms with E-state index in [-0.39, 0.29) is 6.09 Å². The Balaban J connectivity index is 1.94. The summed E-state index contributed by atoms with van der Waals surface area (Å²) in [6.45, 7) is 8.90. The third-order valence-corrected chi connectivity index (χ3v) is 3.65. The minimum absolute atomic E-state index is 0.245. The summed E-state index contributed by atoms with van der Waals surface area (Å²) in [5.74, 6) is 0. The van der Waals surface area contributed by atoms with Crippen molar-refractivity contribution < 1.29 is 9.53 Å². The van der Waals surface area contributed by atoms with E-state index in [1.807, 2.05) is 39.0 Å². The minimum atomic E-state index is -0.458. The van der Waals surface area contributed by atoms with Gasteiger partial charge in [-0.1, -0.05) is 6.07 Å². The Kier molecular flexibility index (Phi) is 4.81. The van der Waals surface area contributed by atoms with Crippen molar-refractivity contribution >= 4 is 17.5 Å². The van der Waals surface area contributed by atoms with Crippen molar-refractivity contribution in [2.24, 2.45) is 5.73 Å². The lowest BCUT2D eigenvalue weighted by Crippen LogP contribution is -2.50. The van der Waals surface area contributed by atoms with E-state index in [1.54, 1.807) is 4.90 Å². The Hall–Kier alpha value is -1.95. The molecule has 1 fully saturated rings. The number of piperazine rings is 1. The number of nitrogens with two attached hydrogens (primary N) is 2. The summed E-state index contributed by atoms with van der Waals surface area (Å²) in [6, 6.07) is 5.94. The minimum Gasteiger partial charge on any atom is -0.444 e. The normalized spacial score (nSPS) is 15.8. The van der Waals surface area contributed by atoms with Crippen LogP contribution in [-0.4, -0.2) is 42.8 Å². The van der Waals surface area contributed by atoms with E-state index < -0.39 is 5.60 Å². The SMILES string of the molecule is CC(C)(C)OC(=O)N1CCN(c2ccc(CN)c(N)c2)CC1. The average molecular weight is 306 g/mol. The lowest BCUT2D eigenvalue weighted by molar-refractivity contribution is 0.0240. The number of ether oxygens (including phenoxy) is 1. The smallest absolute Gasteiger partial charge is 0.410 e. The first-order valence-corrected chi connectivity index (χ1v) is 7.61. The summed E-state index contributed by atoms with van der Waals surface area (Å²) in [4.78, 5) is 16.0. The molecule has 1 aliphatic rings. The van der Waals surface area contributed by atoms with Crippen molar-refractivity contribution in [2.75, 3.05) is 36.8 Å². The zero-order valence-electron chi connectivity index (χ0n) is 13.6. The van der Waals surface area contributed by atoms with Gasteiger partial charge in [0.05, 0.1) is 0 Å². The fourth-order valence-corrected chi connectivity index (χ4v) is 2.44. The average Bonchev–Trinajstić information content (AvgIpc) is 2.45. The first-order chi connectivity index (χ1) is 10.3. The highest BCUT2D eigenvalue weighted by molar-refractivity contribution is 5.69. The summed E-state index contributed by atoms with van der Waals surface area (Å²) in [5.41, 5.74) is 13.9. The van der Waals surface area contributed by atoms with Crippen LogP contribution in [0.3, 0.4) is 0 Å². The number of amides is 1. The fourth-order valence-electron chi connectivity index (χ4n) is 2.44. The van der Waals surface area contributed by atoms with Gasteiger partial charge in [-0.3, -0.25) is 0 Å². The molecule has 4 N–H and O–H groups in total. The van der Waals surface area contributed by atoms with Gasteiger partial charge in [0.15, 0.2) is 0 Å². The highest BCUT2D eigenvalue weighted by Crippen LogP contribution is 2.23. The van der Waals surface area contributed by atoms with E-state index in [9.17, 15) is 4.79 Å². The molecule has 22 heavy (non-hydrogen) atoms. The van der Waals surface area contributed by atoms with Crippen molar-refractivity contribution in [3.8, 4) is 0 Å². The summed E-state index contributed by atoms with van der Waals surface area (Å²) in [6.07, 6.45) is -0.245. The van der Waals surface area contributed by atoms with Crippen LogP contribution < -0.4 is 16.4 Å². The van der Waals surface area contributed by atoms with Crippen molar-refractivity contribution in [3.63, 3.8) is 0 Å². The van der Waals surface area contributed by atoms with E-state index in [0.717, 1.165) is 30.0 Å². The Labute approximate surface area is 132 Å². The molecule has 0 atom stereocenters. The summed E-state index contributed by atoms with van der Waals surface area (Å²) >= 11 is 0. The van der Waals surface area contributed by atoms with Crippen LogP contribution in [0.15, 0.2) is 18.2 Å². The van der Waals surface area contributed by atoms with Crippen LogP contribution in [-0.2, 0) is 11.3 Å². The zero-order valence-corrected chi connectivity index (χ0v) is 13.6. The first-order valence-electron chi connectivity index (χ1n) is 7.61. The molecule has 1 aliphatic heterocycles. The molecule has 1 aromatic carbocycles. The maximum atomic E-state index is 12.0. The van der Waals surface area contributed by atoms with E-state index in [1.165, 1.54) is 0 Å². The summed E-state index contributed by atoms with van der Waals surface area (Å²) in [7, 11) is 0. The van der Waals surface area contributed by atoms with Gasteiger partial charge in [0.25, 0.3) is 0 Å². The monoisotopic (exact) mass is 306 g/mol. The zero-order chi connectivity index (χ0) is 16.3. The van der Waals surface area contributed by atoms with Crippen molar-refractivity contribution in [2.45, 2.75) is 32.9 Å². The first kappa shape index (κ1) is 16.4. The highest BCUT2D eigenvalue weighted by Gasteiger charge is 2.26. The number of hydrogen-bond acceptors (Lipinski definition) is 5. The number of rotatable bonds is 2. The van der Waals surface area contributed by atoms with Gasteiger partial charge < -0.3 is 26.0 Å². The van der Waals surface area contributed by atoms with Gasteiger partial charge in [-0.25, -0.2) is 4.79 Å². The molecule has 1 aromatic rings. The van der Waals surface area contributed by atoms with Crippen LogP contribution in [0.25, 0.3) is 0 Å². The number of benzene rings is 1. The molecular weight excluding hydrogens is 280 g/mol. The number of carbonyl (C=O) groups is 1. The van der Waals surface area contributed by atoms with E-state index in [4.69, 9.17) is 16.2 Å². The number of hydrogen-bond donors (Lipinski definition) is 2. The second-order valence-electron chi connectivity index (χ2n) is 6.54. The van der Waals surface area contributed by atoms with E-state index in [2.05, 4.69) is 4.90 Å². The molecule has 1 amide bonds. The Bertz CT molecular complexity index is 531. The molecule has 0 aromatic heterocycles.